The molecule has 136 valence electrons. The molecule has 0 saturated carbocycles. The van der Waals surface area contributed by atoms with Crippen molar-refractivity contribution in [1.82, 2.24) is 4.98 Å². The van der Waals surface area contributed by atoms with Crippen molar-refractivity contribution in [3.63, 3.8) is 0 Å². The number of amides is 1. The largest absolute Gasteiger partial charge is 0.397 e. The molecule has 1 aromatic carbocycles. The van der Waals surface area contributed by atoms with E-state index in [2.05, 4.69) is 10.3 Å². The van der Waals surface area contributed by atoms with Gasteiger partial charge < -0.3 is 11.1 Å². The lowest BCUT2D eigenvalue weighted by Gasteiger charge is -2.05. The van der Waals surface area contributed by atoms with Gasteiger partial charge in [0.15, 0.2) is 0 Å². The zero-order valence-electron chi connectivity index (χ0n) is 14.2. The first kappa shape index (κ1) is 18.3. The minimum absolute atomic E-state index is 0.0257. The summed E-state index contributed by atoms with van der Waals surface area (Å²) in [7, 11) is -3.77. The predicted molar refractivity (Wildman–Crippen MR) is 104 cm³/mol. The highest BCUT2D eigenvalue weighted by Gasteiger charge is 2.18. The van der Waals surface area contributed by atoms with Crippen LogP contribution in [-0.2, 0) is 10.0 Å². The molecule has 0 saturated heterocycles. The van der Waals surface area contributed by atoms with Crippen LogP contribution < -0.4 is 16.2 Å². The van der Waals surface area contributed by atoms with E-state index in [9.17, 15) is 13.2 Å². The number of sulfonamides is 1. The summed E-state index contributed by atoms with van der Waals surface area (Å²) in [5, 5.41) is 8.51. The fourth-order valence-electron chi connectivity index (χ4n) is 2.42. The molecule has 0 aliphatic rings. The number of nitrogens with two attached hydrogens (primary N) is 2. The van der Waals surface area contributed by atoms with E-state index in [0.717, 1.165) is 11.1 Å². The van der Waals surface area contributed by atoms with Crippen molar-refractivity contribution in [2.45, 2.75) is 24.7 Å². The van der Waals surface area contributed by atoms with Crippen molar-refractivity contribution in [3.8, 4) is 0 Å². The van der Waals surface area contributed by atoms with Gasteiger partial charge in [-0.15, -0.1) is 11.3 Å². The fraction of sp³-hybridized carbons (Fsp3) is 0.176. The smallest absolute Gasteiger partial charge is 0.267 e. The lowest BCUT2D eigenvalue weighted by atomic mass is 10.1. The summed E-state index contributed by atoms with van der Waals surface area (Å²) in [6.45, 7) is 4.09. The van der Waals surface area contributed by atoms with Gasteiger partial charge in [0.2, 0.25) is 10.0 Å². The minimum atomic E-state index is -3.77. The van der Waals surface area contributed by atoms with Crippen molar-refractivity contribution < 1.29 is 13.2 Å². The third kappa shape index (κ3) is 3.55. The number of fused-ring (bicyclic) bond motifs is 1. The highest BCUT2D eigenvalue weighted by molar-refractivity contribution is 7.89. The van der Waals surface area contributed by atoms with Crippen LogP contribution in [0.4, 0.5) is 11.4 Å². The van der Waals surface area contributed by atoms with Gasteiger partial charge in [-0.05, 0) is 42.3 Å². The van der Waals surface area contributed by atoms with Gasteiger partial charge in [-0.25, -0.2) is 18.5 Å². The van der Waals surface area contributed by atoms with E-state index in [1.807, 2.05) is 26.0 Å². The number of nitrogens with zero attached hydrogens (tertiary/aromatic N) is 1. The number of carbonyl (C=O) groups is 1. The van der Waals surface area contributed by atoms with E-state index in [-0.39, 0.29) is 16.7 Å². The lowest BCUT2D eigenvalue weighted by Crippen LogP contribution is -2.13. The van der Waals surface area contributed by atoms with Crippen molar-refractivity contribution in [2.75, 3.05) is 11.1 Å². The van der Waals surface area contributed by atoms with Crippen LogP contribution in [0.2, 0.25) is 0 Å². The van der Waals surface area contributed by atoms with Crippen molar-refractivity contribution >= 4 is 48.9 Å². The molecule has 3 aromatic rings. The summed E-state index contributed by atoms with van der Waals surface area (Å²) >= 11 is 1.23. The van der Waals surface area contributed by atoms with Crippen LogP contribution in [-0.4, -0.2) is 19.3 Å². The Kier molecular flexibility index (Phi) is 4.70. The highest BCUT2D eigenvalue weighted by Crippen LogP contribution is 2.34. The maximum absolute atomic E-state index is 12.6. The van der Waals surface area contributed by atoms with Crippen LogP contribution in [0, 0.1) is 0 Å². The average molecular weight is 390 g/mol. The monoisotopic (exact) mass is 390 g/mol. The minimum Gasteiger partial charge on any atom is -0.397 e. The third-order valence-corrected chi connectivity index (χ3v) is 5.90. The first-order valence-electron chi connectivity index (χ1n) is 7.80. The zero-order valence-corrected chi connectivity index (χ0v) is 15.8. The van der Waals surface area contributed by atoms with Gasteiger partial charge in [0.05, 0.1) is 10.6 Å². The number of primary sulfonamides is 1. The van der Waals surface area contributed by atoms with Gasteiger partial charge in [0.25, 0.3) is 5.91 Å². The number of thiophene rings is 1. The summed E-state index contributed by atoms with van der Waals surface area (Å²) < 4.78 is 22.6. The fourth-order valence-corrected chi connectivity index (χ4v) is 3.93. The first-order chi connectivity index (χ1) is 12.2. The van der Waals surface area contributed by atoms with Crippen molar-refractivity contribution in [3.05, 3.63) is 47.0 Å². The van der Waals surface area contributed by atoms with E-state index < -0.39 is 10.0 Å². The predicted octanol–water partition coefficient (Wildman–Crippen LogP) is 2.90. The molecule has 2 aromatic heterocycles. The van der Waals surface area contributed by atoms with Crippen molar-refractivity contribution in [2.24, 2.45) is 5.14 Å². The molecule has 0 aliphatic carbocycles. The number of hydrogen-bond acceptors (Lipinski definition) is 6. The summed E-state index contributed by atoms with van der Waals surface area (Å²) in [4.78, 5) is 18.2. The molecule has 0 unspecified atom stereocenters. The Labute approximate surface area is 155 Å². The second kappa shape index (κ2) is 6.67. The van der Waals surface area contributed by atoms with Crippen LogP contribution in [0.15, 0.2) is 41.3 Å². The van der Waals surface area contributed by atoms with Gasteiger partial charge in [0, 0.05) is 16.8 Å². The molecule has 1 amide bonds. The summed E-state index contributed by atoms with van der Waals surface area (Å²) in [6, 6.07) is 9.38. The Morgan fingerprint density at radius 3 is 2.38 bits per heavy atom. The Morgan fingerprint density at radius 1 is 1.15 bits per heavy atom. The van der Waals surface area contributed by atoms with Crippen LogP contribution in [0.25, 0.3) is 10.2 Å². The Balaban J connectivity index is 1.89. The topological polar surface area (TPSA) is 128 Å². The molecular weight excluding hydrogens is 372 g/mol. The molecular formula is C17H18N4O3S2. The molecule has 26 heavy (non-hydrogen) atoms. The van der Waals surface area contributed by atoms with E-state index in [1.54, 1.807) is 0 Å². The molecule has 0 fully saturated rings. The Hall–Kier alpha value is -2.49. The number of hydrogen-bond donors (Lipinski definition) is 3. The second-order valence-electron chi connectivity index (χ2n) is 6.11. The molecule has 3 rings (SSSR count). The Morgan fingerprint density at radius 2 is 1.81 bits per heavy atom. The lowest BCUT2D eigenvalue weighted by molar-refractivity contribution is 0.103. The molecule has 0 radical (unpaired) electrons. The van der Waals surface area contributed by atoms with Crippen LogP contribution in [0.3, 0.4) is 0 Å². The van der Waals surface area contributed by atoms with Crippen molar-refractivity contribution in [1.29, 1.82) is 0 Å². The van der Waals surface area contributed by atoms with E-state index in [1.165, 1.54) is 35.6 Å². The van der Waals surface area contributed by atoms with E-state index in [0.29, 0.717) is 21.1 Å². The summed E-state index contributed by atoms with van der Waals surface area (Å²) in [5.74, 6) is -0.0997. The molecule has 0 spiro atoms. The van der Waals surface area contributed by atoms with Gasteiger partial charge >= 0.3 is 0 Å². The third-order valence-electron chi connectivity index (χ3n) is 3.85. The van der Waals surface area contributed by atoms with E-state index in [4.69, 9.17) is 10.9 Å². The highest BCUT2D eigenvalue weighted by atomic mass is 32.2. The molecule has 0 bridgehead atoms. The SMILES string of the molecule is CC(C)c1ccc2c(N)c(C(=O)Nc3ccc(S(N)(=O)=O)cc3)sc2n1. The van der Waals surface area contributed by atoms with Gasteiger partial charge in [0.1, 0.15) is 9.71 Å². The molecule has 2 heterocycles. The van der Waals surface area contributed by atoms with Gasteiger partial charge in [-0.1, -0.05) is 13.8 Å². The molecule has 7 nitrogen and oxygen atoms in total. The molecule has 0 aliphatic heterocycles. The number of rotatable bonds is 4. The standard InChI is InChI=1S/C17H18N4O3S2/c1-9(2)13-8-7-12-14(18)15(25-17(12)21-13)16(22)20-10-3-5-11(6-4-10)26(19,23)24/h3-9H,18H2,1-2H3,(H,20,22)(H2,19,23,24). The van der Waals surface area contributed by atoms with Gasteiger partial charge in [-0.3, -0.25) is 4.79 Å². The number of nitrogens with one attached hydrogen (secondary N) is 1. The normalized spacial score (nSPS) is 11.8. The van der Waals surface area contributed by atoms with Crippen LogP contribution in [0.5, 0.6) is 0 Å². The van der Waals surface area contributed by atoms with Crippen LogP contribution >= 0.6 is 11.3 Å². The molecule has 9 heteroatoms. The maximum atomic E-state index is 12.6. The number of nitrogen functional groups attached to an aromatic ring is 1. The van der Waals surface area contributed by atoms with Crippen LogP contribution in [0.1, 0.15) is 35.1 Å². The molecule has 0 atom stereocenters. The number of pyridine rings is 1. The van der Waals surface area contributed by atoms with E-state index >= 15 is 0 Å². The Bertz CT molecular complexity index is 1090. The second-order valence-corrected chi connectivity index (χ2v) is 8.67. The number of aromatic nitrogens is 1. The number of carbonyl (C=O) groups excluding carboxylic acids is 1. The molecule has 5 N–H and O–H groups in total. The number of anilines is 2. The number of benzene rings is 1. The maximum Gasteiger partial charge on any atom is 0.267 e. The average Bonchev–Trinajstić information content (AvgIpc) is 2.91. The summed E-state index contributed by atoms with van der Waals surface area (Å²) in [6.07, 6.45) is 0. The first-order valence-corrected chi connectivity index (χ1v) is 10.2. The zero-order chi connectivity index (χ0) is 19.1. The quantitative estimate of drug-likeness (QED) is 0.631. The summed E-state index contributed by atoms with van der Waals surface area (Å²) in [5.41, 5.74) is 7.87. The van der Waals surface area contributed by atoms with Gasteiger partial charge in [-0.2, -0.15) is 0 Å².